The van der Waals surface area contributed by atoms with Crippen molar-refractivity contribution in [3.05, 3.63) is 41.4 Å². The quantitative estimate of drug-likeness (QED) is 0.507. The van der Waals surface area contributed by atoms with Gasteiger partial charge < -0.3 is 20.1 Å². The van der Waals surface area contributed by atoms with E-state index >= 15 is 0 Å². The molecule has 0 unspecified atom stereocenters. The molecular formula is C21H24ClFN6O2. The molecule has 1 aliphatic rings. The lowest BCUT2D eigenvalue weighted by Gasteiger charge is -2.26. The molecule has 0 bridgehead atoms. The topological polar surface area (TPSA) is 84.4 Å². The monoisotopic (exact) mass is 446 g/mol. The van der Waals surface area contributed by atoms with Gasteiger partial charge in [-0.2, -0.15) is 0 Å². The van der Waals surface area contributed by atoms with Crippen molar-refractivity contribution in [1.82, 2.24) is 19.9 Å². The highest BCUT2D eigenvalue weighted by atomic mass is 35.5. The number of ether oxygens (including phenoxy) is 2. The van der Waals surface area contributed by atoms with Crippen molar-refractivity contribution in [3.63, 3.8) is 0 Å². The lowest BCUT2D eigenvalue weighted by atomic mass is 10.3. The van der Waals surface area contributed by atoms with Crippen molar-refractivity contribution in [2.45, 2.75) is 6.42 Å². The summed E-state index contributed by atoms with van der Waals surface area (Å²) in [6.45, 7) is 5.05. The van der Waals surface area contributed by atoms with Crippen LogP contribution in [-0.4, -0.2) is 66.4 Å². The normalized spacial score (nSPS) is 14.5. The first-order valence-electron chi connectivity index (χ1n) is 10.1. The number of nitrogens with one attached hydrogen (secondary N) is 2. The average molecular weight is 447 g/mol. The van der Waals surface area contributed by atoms with E-state index < -0.39 is 5.82 Å². The van der Waals surface area contributed by atoms with Crippen LogP contribution in [0, 0.1) is 5.82 Å². The van der Waals surface area contributed by atoms with Crippen LogP contribution in [0.25, 0.3) is 11.0 Å². The van der Waals surface area contributed by atoms with Gasteiger partial charge in [0, 0.05) is 38.4 Å². The van der Waals surface area contributed by atoms with E-state index in [0.29, 0.717) is 40.7 Å². The third-order valence-electron chi connectivity index (χ3n) is 4.97. The summed E-state index contributed by atoms with van der Waals surface area (Å²) in [6.07, 6.45) is 2.35. The molecule has 1 aromatic carbocycles. The summed E-state index contributed by atoms with van der Waals surface area (Å²) in [6, 6.07) is 6.21. The van der Waals surface area contributed by atoms with Gasteiger partial charge in [-0.25, -0.2) is 19.3 Å². The molecule has 0 aliphatic carbocycles. The van der Waals surface area contributed by atoms with E-state index in [-0.39, 0.29) is 5.02 Å². The van der Waals surface area contributed by atoms with Crippen LogP contribution in [-0.2, 0) is 4.74 Å². The van der Waals surface area contributed by atoms with Gasteiger partial charge in [0.05, 0.1) is 30.4 Å². The highest BCUT2D eigenvalue weighted by Crippen LogP contribution is 2.30. The van der Waals surface area contributed by atoms with Crippen LogP contribution < -0.4 is 15.4 Å². The lowest BCUT2D eigenvalue weighted by Crippen LogP contribution is -2.37. The molecule has 3 heterocycles. The van der Waals surface area contributed by atoms with Crippen molar-refractivity contribution in [3.8, 4) is 5.75 Å². The fourth-order valence-corrected chi connectivity index (χ4v) is 3.53. The van der Waals surface area contributed by atoms with E-state index in [9.17, 15) is 4.39 Å². The van der Waals surface area contributed by atoms with Gasteiger partial charge in [0.1, 0.15) is 17.7 Å². The SMILES string of the molecule is CNc1nc2c(Nc3ccc(F)c(Cl)c3)ncnc2cc1OCCCN1CCOCC1. The van der Waals surface area contributed by atoms with E-state index in [1.54, 1.807) is 13.1 Å². The van der Waals surface area contributed by atoms with Crippen LogP contribution in [0.2, 0.25) is 5.02 Å². The maximum Gasteiger partial charge on any atom is 0.169 e. The molecule has 1 aliphatic heterocycles. The molecule has 0 saturated carbocycles. The molecule has 8 nitrogen and oxygen atoms in total. The van der Waals surface area contributed by atoms with E-state index in [1.807, 2.05) is 6.07 Å². The van der Waals surface area contributed by atoms with Crippen LogP contribution in [0.5, 0.6) is 5.75 Å². The highest BCUT2D eigenvalue weighted by molar-refractivity contribution is 6.31. The molecule has 2 N–H and O–H groups in total. The smallest absolute Gasteiger partial charge is 0.169 e. The summed E-state index contributed by atoms with van der Waals surface area (Å²) in [5, 5.41) is 6.22. The number of pyridine rings is 1. The summed E-state index contributed by atoms with van der Waals surface area (Å²) in [7, 11) is 1.78. The molecule has 3 aromatic rings. The molecule has 164 valence electrons. The second-order valence-electron chi connectivity index (χ2n) is 7.09. The van der Waals surface area contributed by atoms with Gasteiger partial charge in [-0.3, -0.25) is 4.90 Å². The van der Waals surface area contributed by atoms with Crippen LogP contribution in [0.3, 0.4) is 0 Å². The fourth-order valence-electron chi connectivity index (χ4n) is 3.35. The number of fused-ring (bicyclic) bond motifs is 1. The first-order chi connectivity index (χ1) is 15.1. The molecule has 1 saturated heterocycles. The maximum absolute atomic E-state index is 13.4. The third-order valence-corrected chi connectivity index (χ3v) is 5.26. The van der Waals surface area contributed by atoms with Gasteiger partial charge in [0.2, 0.25) is 0 Å². The molecule has 0 radical (unpaired) electrons. The van der Waals surface area contributed by atoms with Gasteiger partial charge in [-0.05, 0) is 24.6 Å². The Morgan fingerprint density at radius 1 is 1.19 bits per heavy atom. The first kappa shape index (κ1) is 21.5. The Morgan fingerprint density at radius 3 is 2.81 bits per heavy atom. The fraction of sp³-hybridized carbons (Fsp3) is 0.381. The van der Waals surface area contributed by atoms with Crippen LogP contribution in [0.4, 0.5) is 21.7 Å². The minimum absolute atomic E-state index is 0.0278. The maximum atomic E-state index is 13.4. The Hall–Kier alpha value is -2.75. The second-order valence-corrected chi connectivity index (χ2v) is 7.49. The number of hydrogen-bond acceptors (Lipinski definition) is 8. The minimum atomic E-state index is -0.481. The summed E-state index contributed by atoms with van der Waals surface area (Å²) in [5.41, 5.74) is 1.79. The number of rotatable bonds is 8. The van der Waals surface area contributed by atoms with Gasteiger partial charge in [0.15, 0.2) is 17.4 Å². The highest BCUT2D eigenvalue weighted by Gasteiger charge is 2.14. The third kappa shape index (κ3) is 5.30. The molecule has 0 atom stereocenters. The molecule has 0 amide bonds. The van der Waals surface area contributed by atoms with Crippen molar-refractivity contribution in [2.75, 3.05) is 57.1 Å². The van der Waals surface area contributed by atoms with Crippen LogP contribution in [0.15, 0.2) is 30.6 Å². The standard InChI is InChI=1S/C21H24ClFN6O2/c1-24-20-18(31-8-2-5-29-6-9-30-10-7-29)12-17-19(28-20)21(26-13-25-17)27-14-3-4-16(23)15(22)11-14/h3-4,11-13H,2,5-10H2,1H3,(H,24,28)(H,25,26,27). The number of hydrogen-bond donors (Lipinski definition) is 2. The van der Waals surface area contributed by atoms with Crippen LogP contribution in [0.1, 0.15) is 6.42 Å². The van der Waals surface area contributed by atoms with Crippen LogP contribution >= 0.6 is 11.6 Å². The second kappa shape index (κ2) is 10.0. The Morgan fingerprint density at radius 2 is 2.03 bits per heavy atom. The largest absolute Gasteiger partial charge is 0.490 e. The minimum Gasteiger partial charge on any atom is -0.490 e. The number of morpholine rings is 1. The van der Waals surface area contributed by atoms with E-state index in [0.717, 1.165) is 39.3 Å². The molecule has 4 rings (SSSR count). The lowest BCUT2D eigenvalue weighted by molar-refractivity contribution is 0.0358. The predicted molar refractivity (Wildman–Crippen MR) is 119 cm³/mol. The van der Waals surface area contributed by atoms with E-state index in [1.165, 1.54) is 18.5 Å². The zero-order valence-corrected chi connectivity index (χ0v) is 18.0. The molecular weight excluding hydrogens is 423 g/mol. The zero-order valence-electron chi connectivity index (χ0n) is 17.2. The van der Waals surface area contributed by atoms with E-state index in [4.69, 9.17) is 21.1 Å². The first-order valence-corrected chi connectivity index (χ1v) is 10.5. The van der Waals surface area contributed by atoms with Gasteiger partial charge >= 0.3 is 0 Å². The van der Waals surface area contributed by atoms with Gasteiger partial charge in [-0.1, -0.05) is 11.6 Å². The number of aromatic nitrogens is 3. The number of halogens is 2. The molecule has 31 heavy (non-hydrogen) atoms. The van der Waals surface area contributed by atoms with Gasteiger partial charge in [-0.15, -0.1) is 0 Å². The molecule has 0 spiro atoms. The van der Waals surface area contributed by atoms with Crippen molar-refractivity contribution in [2.24, 2.45) is 0 Å². The predicted octanol–water partition coefficient (Wildman–Crippen LogP) is 3.70. The summed E-state index contributed by atoms with van der Waals surface area (Å²) < 4.78 is 24.8. The molecule has 10 heteroatoms. The summed E-state index contributed by atoms with van der Waals surface area (Å²) in [5.74, 6) is 1.23. The zero-order chi connectivity index (χ0) is 21.6. The Kier molecular flexibility index (Phi) is 6.96. The average Bonchev–Trinajstić information content (AvgIpc) is 2.79. The summed E-state index contributed by atoms with van der Waals surface area (Å²) >= 11 is 5.88. The molecule has 1 fully saturated rings. The summed E-state index contributed by atoms with van der Waals surface area (Å²) in [4.78, 5) is 15.6. The Bertz CT molecular complexity index is 1050. The Balaban J connectivity index is 1.48. The Labute approximate surface area is 184 Å². The number of benzene rings is 1. The van der Waals surface area contributed by atoms with Crippen molar-refractivity contribution >= 4 is 40.0 Å². The van der Waals surface area contributed by atoms with Gasteiger partial charge in [0.25, 0.3) is 0 Å². The molecule has 2 aromatic heterocycles. The van der Waals surface area contributed by atoms with Crippen molar-refractivity contribution in [1.29, 1.82) is 0 Å². The van der Waals surface area contributed by atoms with E-state index in [2.05, 4.69) is 30.5 Å². The number of nitrogens with zero attached hydrogens (tertiary/aromatic N) is 4. The van der Waals surface area contributed by atoms with Crippen molar-refractivity contribution < 1.29 is 13.9 Å². The number of anilines is 3.